The Hall–Kier alpha value is -9.77. The number of aromatic amines is 3. The van der Waals surface area contributed by atoms with Crippen molar-refractivity contribution >= 4 is 77.8 Å². The van der Waals surface area contributed by atoms with E-state index in [0.29, 0.717) is 28.4 Å². The molecule has 1 amide bonds. The number of nitrogens with two attached hydrogens (primary N) is 2. The molecule has 1 radical (unpaired) electrons. The van der Waals surface area contributed by atoms with E-state index in [1.54, 1.807) is 68.9 Å². The standard InChI is InChI=1S/C13H16N2O.C11H16N2O.C11H13N2.C10H13N3O.C10H13N3S.C10H13N3.C9H14N2.C9H13N.V/c1-13(2,3)9-5-6-11-10(7-9)12(16)15(4)8-14-11;1-11(2,3)8-5-6-13-9(7-8)10(14)12-4;1-11(2,3)9-7-13-10-8(9)5-4-6-12-10;1-10(2,3)6-4-5-11-8-7(6)12-9(14)13-8;1-10(2,3)6-4-14-8-7(6)12-5-13-9(8)11;1-10(2,3)8-7-11-9-5-4-6-12-13(8)9;1-9(2,3)7-5-4-6-11-8(7)10;1-9(2,3)8-5-4-6-10-7-8;/h5-8H,1-4H3;5-7H,1-4H3,(H,12,14);5-7H,1-3H3,(H,12,13);4-5H,1-3H3,(H2,11,12,13,14);4-5H,1-3H3,(H2,11,12,13);4-7H,1-3H3;4-6H,1-3H3,(H2,10,11);4-7H,1-3H3;/q;;-1;;;;;;. The number of carbonyl (C=O) groups excluding carboxylic acids is 1. The molecule has 23 heteroatoms. The number of rotatable bonds is 1. The molecule has 12 aromatic heterocycles. The van der Waals surface area contributed by atoms with Gasteiger partial charge in [0.1, 0.15) is 23.7 Å². The number of thiophene rings is 1. The monoisotopic (exact) mass is 1490 g/mol. The van der Waals surface area contributed by atoms with Crippen LogP contribution >= 0.6 is 11.3 Å². The van der Waals surface area contributed by atoms with Crippen molar-refractivity contribution in [2.75, 3.05) is 18.5 Å². The largest absolute Gasteiger partial charge is 0.383 e. The van der Waals surface area contributed by atoms with E-state index in [-0.39, 0.29) is 79.0 Å². The molecule has 0 aliphatic rings. The molecule has 0 saturated carbocycles. The Morgan fingerprint density at radius 2 is 1.15 bits per heavy atom. The molecular formula is C83H111N18O3SV-. The predicted octanol–water partition coefficient (Wildman–Crippen LogP) is 17.1. The van der Waals surface area contributed by atoms with Crippen molar-refractivity contribution < 1.29 is 23.4 Å². The van der Waals surface area contributed by atoms with Crippen molar-refractivity contribution in [2.45, 2.75) is 209 Å². The Morgan fingerprint density at radius 1 is 0.538 bits per heavy atom. The normalized spacial score (nSPS) is 11.8. The number of benzene rings is 1. The molecule has 0 aliphatic carbocycles. The van der Waals surface area contributed by atoms with E-state index >= 15 is 0 Å². The molecule has 0 atom stereocenters. The van der Waals surface area contributed by atoms with Crippen LogP contribution in [0.5, 0.6) is 0 Å². The molecule has 21 nitrogen and oxygen atoms in total. The quantitative estimate of drug-likeness (QED) is 0.0833. The van der Waals surface area contributed by atoms with Crippen molar-refractivity contribution in [1.29, 1.82) is 0 Å². The summed E-state index contributed by atoms with van der Waals surface area (Å²) in [5, 5.41) is 10.8. The number of H-pyrrole nitrogens is 3. The summed E-state index contributed by atoms with van der Waals surface area (Å²) in [6.07, 6.45) is 19.3. The number of aromatic nitrogens is 15. The summed E-state index contributed by atoms with van der Waals surface area (Å²) in [5.74, 6) is 1.08. The van der Waals surface area contributed by atoms with Crippen molar-refractivity contribution in [1.82, 2.24) is 79.3 Å². The maximum atomic E-state index is 11.9. The molecule has 106 heavy (non-hydrogen) atoms. The number of aryl methyl sites for hydroxylation is 1. The number of amides is 1. The molecule has 12 heterocycles. The first-order valence-electron chi connectivity index (χ1n) is 35.1. The maximum absolute atomic E-state index is 11.9. The summed E-state index contributed by atoms with van der Waals surface area (Å²) >= 11 is 1.62. The zero-order valence-electron chi connectivity index (χ0n) is 67.0. The Balaban J connectivity index is 0.000000218. The summed E-state index contributed by atoms with van der Waals surface area (Å²) in [6.45, 7) is 51.6. The van der Waals surface area contributed by atoms with Crippen molar-refractivity contribution in [3.8, 4) is 0 Å². The Kier molecular flexibility index (Phi) is 29.1. The molecule has 0 unspecified atom stereocenters. The molecule has 13 aromatic rings. The van der Waals surface area contributed by atoms with Gasteiger partial charge in [-0.1, -0.05) is 196 Å². The van der Waals surface area contributed by atoms with Crippen LogP contribution in [-0.2, 0) is 68.9 Å². The van der Waals surface area contributed by atoms with Crippen LogP contribution < -0.4 is 28.0 Å². The summed E-state index contributed by atoms with van der Waals surface area (Å²) in [7, 11) is 3.33. The number of nitrogens with zero attached hydrogens (tertiary/aromatic N) is 12. The zero-order valence-corrected chi connectivity index (χ0v) is 69.2. The third kappa shape index (κ3) is 24.1. The zero-order chi connectivity index (χ0) is 78.4. The third-order valence-corrected chi connectivity index (χ3v) is 17.7. The van der Waals surface area contributed by atoms with Gasteiger partial charge in [0.05, 0.1) is 50.5 Å². The number of imidazole rings is 2. The number of fused-ring (bicyclic) bond motifs is 5. The molecule has 0 spiro atoms. The number of hydrogen-bond acceptors (Lipinski definition) is 16. The minimum atomic E-state index is -0.204. The summed E-state index contributed by atoms with van der Waals surface area (Å²) < 4.78 is 4.40. The van der Waals surface area contributed by atoms with Gasteiger partial charge in [-0.3, -0.25) is 29.5 Å². The second-order valence-electron chi connectivity index (χ2n) is 33.8. The first-order valence-corrected chi connectivity index (χ1v) is 35.9. The van der Waals surface area contributed by atoms with Crippen molar-refractivity contribution in [2.24, 2.45) is 7.05 Å². The van der Waals surface area contributed by atoms with Gasteiger partial charge in [0, 0.05) is 75.2 Å². The van der Waals surface area contributed by atoms with Gasteiger partial charge in [-0.15, -0.1) is 16.7 Å². The van der Waals surface area contributed by atoms with Gasteiger partial charge >= 0.3 is 5.69 Å². The smallest absolute Gasteiger partial charge is 0.325 e. The van der Waals surface area contributed by atoms with Crippen LogP contribution in [-0.4, -0.2) is 86.9 Å². The molecule has 563 valence electrons. The predicted molar refractivity (Wildman–Crippen MR) is 434 cm³/mol. The van der Waals surface area contributed by atoms with Gasteiger partial charge in [0.2, 0.25) is 0 Å². The molecule has 0 fully saturated rings. The SMILES string of the molecule is CC(C)(C)c1c[nH]c2nc[c-]cc12.CC(C)(C)c1cccnc1.CC(C)(C)c1cccnc1N.CC(C)(C)c1ccnc2[nH]c(=O)[nH]c12.CC(C)(C)c1cnc2cccnn12.CC(C)(C)c1csc2c(N)ncnc12.CNC(=O)c1cc(C(C)(C)C)ccn1.Cn1cnc2ccc(C(C)(C)C)cc2c1=O.[V]. The molecule has 1 aromatic carbocycles. The summed E-state index contributed by atoms with van der Waals surface area (Å²) in [5.41, 5.74) is 27.0. The van der Waals surface area contributed by atoms with E-state index in [0.717, 1.165) is 60.5 Å². The third-order valence-electron chi connectivity index (χ3n) is 16.7. The average Bonchev–Trinajstić information content (AvgIpc) is 1.42. The van der Waals surface area contributed by atoms with E-state index in [2.05, 4.69) is 254 Å². The number of nitrogens with one attached hydrogen (secondary N) is 4. The first-order chi connectivity index (χ1) is 48.6. The fourth-order valence-electron chi connectivity index (χ4n) is 10.5. The van der Waals surface area contributed by atoms with Gasteiger partial charge in [-0.2, -0.15) is 5.10 Å². The van der Waals surface area contributed by atoms with Crippen molar-refractivity contribution in [3.05, 3.63) is 230 Å². The Morgan fingerprint density at radius 3 is 1.72 bits per heavy atom. The van der Waals surface area contributed by atoms with Crippen LogP contribution in [0.3, 0.4) is 0 Å². The second kappa shape index (κ2) is 35.6. The topological polar surface area (TPSA) is 301 Å². The fourth-order valence-corrected chi connectivity index (χ4v) is 11.7. The molecule has 8 N–H and O–H groups in total. The molecular weight excluding hydrogens is 1380 g/mol. The van der Waals surface area contributed by atoms with E-state index in [4.69, 9.17) is 11.5 Å². The first kappa shape index (κ1) is 86.9. The van der Waals surface area contributed by atoms with Gasteiger partial charge in [-0.05, 0) is 137 Å². The average molecular weight is 1490 g/mol. The van der Waals surface area contributed by atoms with Gasteiger partial charge < -0.3 is 31.3 Å². The van der Waals surface area contributed by atoms with E-state index < -0.39 is 0 Å². The number of carbonyl (C=O) groups is 1. The van der Waals surface area contributed by atoms with E-state index in [1.807, 2.05) is 95.9 Å². The number of anilines is 2. The second-order valence-corrected chi connectivity index (χ2v) is 34.7. The molecule has 13 rings (SSSR count). The van der Waals surface area contributed by atoms with E-state index in [9.17, 15) is 14.4 Å². The Bertz CT molecular complexity index is 5020. The molecule has 0 aliphatic heterocycles. The van der Waals surface area contributed by atoms with Crippen molar-refractivity contribution in [3.63, 3.8) is 0 Å². The van der Waals surface area contributed by atoms with Gasteiger partial charge in [0.15, 0.2) is 11.3 Å². The summed E-state index contributed by atoms with van der Waals surface area (Å²) in [6, 6.07) is 28.5. The molecule has 0 bridgehead atoms. The van der Waals surface area contributed by atoms with Crippen LogP contribution in [0, 0.1) is 6.07 Å². The van der Waals surface area contributed by atoms with Crippen LogP contribution in [0.15, 0.2) is 162 Å². The van der Waals surface area contributed by atoms with E-state index in [1.165, 1.54) is 33.0 Å². The van der Waals surface area contributed by atoms with Gasteiger partial charge in [0.25, 0.3) is 11.5 Å². The number of pyridine rings is 5. The van der Waals surface area contributed by atoms with Gasteiger partial charge in [-0.25, -0.2) is 51.3 Å². The van der Waals surface area contributed by atoms with Crippen LogP contribution in [0.4, 0.5) is 11.6 Å². The van der Waals surface area contributed by atoms with Crippen LogP contribution in [0.25, 0.3) is 49.0 Å². The fraction of sp³-hybridized carbons (Fsp3) is 0.410. The maximum Gasteiger partial charge on any atom is 0.325 e. The minimum absolute atomic E-state index is 0. The Labute approximate surface area is 641 Å². The number of hydrogen-bond donors (Lipinski definition) is 6. The molecule has 0 saturated heterocycles. The van der Waals surface area contributed by atoms with Crippen LogP contribution in [0.1, 0.15) is 221 Å². The van der Waals surface area contributed by atoms with Crippen LogP contribution in [0.2, 0.25) is 0 Å². The number of nitrogen functional groups attached to an aromatic ring is 2. The summed E-state index contributed by atoms with van der Waals surface area (Å²) in [4.78, 5) is 80.1. The minimum Gasteiger partial charge on any atom is -0.383 e.